The van der Waals surface area contributed by atoms with E-state index in [9.17, 15) is 8.42 Å². The maximum absolute atomic E-state index is 12.9. The van der Waals surface area contributed by atoms with Gasteiger partial charge in [-0.3, -0.25) is 0 Å². The van der Waals surface area contributed by atoms with Crippen LogP contribution in [0.1, 0.15) is 25.8 Å². The molecule has 0 saturated heterocycles. The number of nitrogens with two attached hydrogens (primary N) is 1. The van der Waals surface area contributed by atoms with Crippen molar-refractivity contribution in [3.63, 3.8) is 0 Å². The summed E-state index contributed by atoms with van der Waals surface area (Å²) in [6, 6.07) is 4.70. The van der Waals surface area contributed by atoms with Gasteiger partial charge < -0.3 is 10.5 Å². The number of hydrogen-bond acceptors (Lipinski definition) is 4. The number of rotatable bonds is 8. The van der Waals surface area contributed by atoms with Crippen LogP contribution in [0.5, 0.6) is 0 Å². The molecule has 5 nitrogen and oxygen atoms in total. The van der Waals surface area contributed by atoms with Crippen LogP contribution in [0.2, 0.25) is 5.02 Å². The number of sulfonamides is 1. The van der Waals surface area contributed by atoms with E-state index in [4.69, 9.17) is 22.1 Å². The monoisotopic (exact) mass is 334 g/mol. The molecule has 0 saturated carbocycles. The van der Waals surface area contributed by atoms with E-state index >= 15 is 0 Å². The molecule has 0 heterocycles. The van der Waals surface area contributed by atoms with Crippen LogP contribution in [0.3, 0.4) is 0 Å². The minimum Gasteiger partial charge on any atom is -0.383 e. The van der Waals surface area contributed by atoms with E-state index in [0.717, 1.165) is 5.56 Å². The van der Waals surface area contributed by atoms with Gasteiger partial charge in [0.25, 0.3) is 0 Å². The Labute approximate surface area is 132 Å². The summed E-state index contributed by atoms with van der Waals surface area (Å²) in [6.07, 6.45) is 0.705. The van der Waals surface area contributed by atoms with Crippen LogP contribution >= 0.6 is 11.6 Å². The molecule has 0 amide bonds. The highest BCUT2D eigenvalue weighted by Gasteiger charge is 2.30. The highest BCUT2D eigenvalue weighted by Crippen LogP contribution is 2.27. The fraction of sp³-hybridized carbons (Fsp3) is 0.571. The van der Waals surface area contributed by atoms with Gasteiger partial charge in [-0.25, -0.2) is 8.42 Å². The summed E-state index contributed by atoms with van der Waals surface area (Å²) in [5, 5.41) is 0.206. The van der Waals surface area contributed by atoms with Crippen molar-refractivity contribution in [3.05, 3.63) is 28.8 Å². The van der Waals surface area contributed by atoms with Gasteiger partial charge in [0, 0.05) is 26.2 Å². The molecule has 0 radical (unpaired) electrons. The van der Waals surface area contributed by atoms with E-state index in [2.05, 4.69) is 0 Å². The van der Waals surface area contributed by atoms with E-state index in [0.29, 0.717) is 13.0 Å². The number of benzene rings is 1. The van der Waals surface area contributed by atoms with Crippen LogP contribution in [0, 0.1) is 0 Å². The van der Waals surface area contributed by atoms with Crippen molar-refractivity contribution in [1.82, 2.24) is 4.31 Å². The van der Waals surface area contributed by atoms with Gasteiger partial charge in [-0.15, -0.1) is 0 Å². The van der Waals surface area contributed by atoms with Crippen LogP contribution in [-0.4, -0.2) is 39.0 Å². The molecular weight excluding hydrogens is 312 g/mol. The molecule has 1 atom stereocenters. The highest BCUT2D eigenvalue weighted by atomic mass is 35.5. The van der Waals surface area contributed by atoms with Crippen molar-refractivity contribution >= 4 is 21.6 Å². The Bertz CT molecular complexity index is 563. The van der Waals surface area contributed by atoms with Crippen molar-refractivity contribution in [1.29, 1.82) is 0 Å². The normalized spacial score (nSPS) is 13.6. The third-order valence-corrected chi connectivity index (χ3v) is 5.91. The number of hydrogen-bond donors (Lipinski definition) is 1. The average Bonchev–Trinajstić information content (AvgIpc) is 2.47. The number of halogens is 1. The minimum absolute atomic E-state index is 0.100. The molecule has 120 valence electrons. The predicted molar refractivity (Wildman–Crippen MR) is 84.9 cm³/mol. The second-order valence-corrected chi connectivity index (χ2v) is 7.10. The summed E-state index contributed by atoms with van der Waals surface area (Å²) in [4.78, 5) is 0.100. The first-order valence-electron chi connectivity index (χ1n) is 6.87. The SMILES string of the molecule is CCC(C)N(CCOC)S(=O)(=O)c1cc(CN)ccc1Cl. The Morgan fingerprint density at radius 1 is 1.43 bits per heavy atom. The Morgan fingerprint density at radius 3 is 2.62 bits per heavy atom. The van der Waals surface area contributed by atoms with Crippen LogP contribution < -0.4 is 5.73 Å². The van der Waals surface area contributed by atoms with Gasteiger partial charge in [0.15, 0.2) is 0 Å². The Morgan fingerprint density at radius 2 is 2.10 bits per heavy atom. The molecule has 21 heavy (non-hydrogen) atoms. The predicted octanol–water partition coefficient (Wildman–Crippen LogP) is 2.23. The van der Waals surface area contributed by atoms with Crippen LogP contribution in [0.4, 0.5) is 0 Å². The second-order valence-electron chi connectivity index (χ2n) is 4.83. The van der Waals surface area contributed by atoms with Crippen molar-refractivity contribution in [2.24, 2.45) is 5.73 Å². The fourth-order valence-corrected chi connectivity index (χ4v) is 4.18. The number of methoxy groups -OCH3 is 1. The van der Waals surface area contributed by atoms with Crippen molar-refractivity contribution in [3.8, 4) is 0 Å². The van der Waals surface area contributed by atoms with Gasteiger partial charge in [0.1, 0.15) is 4.90 Å². The van der Waals surface area contributed by atoms with Gasteiger partial charge in [0.05, 0.1) is 11.6 Å². The Hall–Kier alpha value is -0.660. The molecule has 0 aliphatic heterocycles. The first-order valence-corrected chi connectivity index (χ1v) is 8.69. The first-order chi connectivity index (χ1) is 9.88. The molecule has 1 aromatic carbocycles. The molecule has 1 aromatic rings. The van der Waals surface area contributed by atoms with Gasteiger partial charge in [0.2, 0.25) is 10.0 Å². The lowest BCUT2D eigenvalue weighted by atomic mass is 10.2. The quantitative estimate of drug-likeness (QED) is 0.791. The maximum Gasteiger partial charge on any atom is 0.244 e. The zero-order valence-corrected chi connectivity index (χ0v) is 14.2. The number of nitrogens with zero attached hydrogens (tertiary/aromatic N) is 1. The summed E-state index contributed by atoms with van der Waals surface area (Å²) in [5.74, 6) is 0. The lowest BCUT2D eigenvalue weighted by Gasteiger charge is -2.28. The zero-order chi connectivity index (χ0) is 16.0. The van der Waals surface area contributed by atoms with Gasteiger partial charge in [-0.1, -0.05) is 24.6 Å². The molecule has 0 aliphatic carbocycles. The smallest absolute Gasteiger partial charge is 0.244 e. The largest absolute Gasteiger partial charge is 0.383 e. The molecule has 2 N–H and O–H groups in total. The molecule has 0 aromatic heterocycles. The third-order valence-electron chi connectivity index (χ3n) is 3.42. The topological polar surface area (TPSA) is 72.6 Å². The van der Waals surface area contributed by atoms with Gasteiger partial charge in [-0.05, 0) is 31.0 Å². The van der Waals surface area contributed by atoms with Crippen molar-refractivity contribution < 1.29 is 13.2 Å². The molecular formula is C14H23ClN2O3S. The van der Waals surface area contributed by atoms with E-state index in [-0.39, 0.29) is 29.0 Å². The van der Waals surface area contributed by atoms with E-state index < -0.39 is 10.0 Å². The maximum atomic E-state index is 12.9. The lowest BCUT2D eigenvalue weighted by molar-refractivity contribution is 0.167. The van der Waals surface area contributed by atoms with Crippen LogP contribution in [0.25, 0.3) is 0 Å². The van der Waals surface area contributed by atoms with E-state index in [1.807, 2.05) is 13.8 Å². The molecule has 0 bridgehead atoms. The standard InChI is InChI=1S/C14H23ClN2O3S/c1-4-11(2)17(7-8-20-3)21(18,19)14-9-12(10-16)5-6-13(14)15/h5-6,9,11H,4,7-8,10,16H2,1-3H3. The van der Waals surface area contributed by atoms with Gasteiger partial charge in [-0.2, -0.15) is 4.31 Å². The Kier molecular flexibility index (Phi) is 7.09. The molecule has 0 fully saturated rings. The highest BCUT2D eigenvalue weighted by molar-refractivity contribution is 7.89. The zero-order valence-electron chi connectivity index (χ0n) is 12.7. The van der Waals surface area contributed by atoms with Crippen molar-refractivity contribution in [2.45, 2.75) is 37.8 Å². The second kappa shape index (κ2) is 8.10. The average molecular weight is 335 g/mol. The molecule has 0 spiro atoms. The van der Waals surface area contributed by atoms with Crippen molar-refractivity contribution in [2.75, 3.05) is 20.3 Å². The lowest BCUT2D eigenvalue weighted by Crippen LogP contribution is -2.40. The molecule has 1 unspecified atom stereocenters. The fourth-order valence-electron chi connectivity index (χ4n) is 1.96. The van der Waals surface area contributed by atoms with Crippen LogP contribution in [-0.2, 0) is 21.3 Å². The first kappa shape index (κ1) is 18.4. The summed E-state index contributed by atoms with van der Waals surface area (Å²) in [7, 11) is -2.14. The molecule has 1 rings (SSSR count). The molecule has 7 heteroatoms. The number of ether oxygens (including phenoxy) is 1. The summed E-state index contributed by atoms with van der Waals surface area (Å²) >= 11 is 6.09. The molecule has 0 aliphatic rings. The van der Waals surface area contributed by atoms with Crippen LogP contribution in [0.15, 0.2) is 23.1 Å². The summed E-state index contributed by atoms with van der Waals surface area (Å²) in [6.45, 7) is 4.70. The van der Waals surface area contributed by atoms with Gasteiger partial charge >= 0.3 is 0 Å². The summed E-state index contributed by atoms with van der Waals surface area (Å²) < 4.78 is 32.2. The summed E-state index contributed by atoms with van der Waals surface area (Å²) in [5.41, 5.74) is 6.31. The van der Waals surface area contributed by atoms with E-state index in [1.54, 1.807) is 25.3 Å². The minimum atomic E-state index is -3.68. The Balaban J connectivity index is 3.27. The third kappa shape index (κ3) is 4.40. The van der Waals surface area contributed by atoms with E-state index in [1.165, 1.54) is 4.31 Å².